The van der Waals surface area contributed by atoms with Gasteiger partial charge in [0.15, 0.2) is 0 Å². The summed E-state index contributed by atoms with van der Waals surface area (Å²) in [5.74, 6) is 0. The first kappa shape index (κ1) is 12.2. The second kappa shape index (κ2) is 5.06. The van der Waals surface area contributed by atoms with Gasteiger partial charge in [-0.1, -0.05) is 0 Å². The van der Waals surface area contributed by atoms with Crippen molar-refractivity contribution in [2.45, 2.75) is 51.2 Å². The molecular formula is C15H24N2O. The zero-order chi connectivity index (χ0) is 12.5. The van der Waals surface area contributed by atoms with Crippen molar-refractivity contribution in [1.82, 2.24) is 9.47 Å². The van der Waals surface area contributed by atoms with E-state index in [1.807, 2.05) is 0 Å². The Hall–Kier alpha value is -0.800. The summed E-state index contributed by atoms with van der Waals surface area (Å²) in [5.41, 5.74) is 2.55. The molecule has 2 unspecified atom stereocenters. The van der Waals surface area contributed by atoms with Crippen LogP contribution in [0.25, 0.3) is 0 Å². The molecule has 1 saturated heterocycles. The molecule has 1 aromatic rings. The number of aromatic nitrogens is 1. The van der Waals surface area contributed by atoms with Crippen LogP contribution in [0.1, 0.15) is 56.0 Å². The Balaban J connectivity index is 1.75. The van der Waals surface area contributed by atoms with Crippen LogP contribution in [0.4, 0.5) is 0 Å². The summed E-state index contributed by atoms with van der Waals surface area (Å²) in [6.07, 6.45) is 7.84. The Morgan fingerprint density at radius 1 is 1.33 bits per heavy atom. The highest BCUT2D eigenvalue weighted by Crippen LogP contribution is 2.32. The molecule has 3 heteroatoms. The van der Waals surface area contributed by atoms with Crippen LogP contribution in [0, 0.1) is 0 Å². The SMILES string of the molecule is CC(CN1CCCC1)n1ccc2c1CCCC2O. The number of aliphatic hydroxyl groups is 1. The van der Waals surface area contributed by atoms with Gasteiger partial charge in [-0.15, -0.1) is 0 Å². The van der Waals surface area contributed by atoms with Crippen LogP contribution in [-0.2, 0) is 6.42 Å². The lowest BCUT2D eigenvalue weighted by Gasteiger charge is -2.26. The normalized spacial score (nSPS) is 26.2. The van der Waals surface area contributed by atoms with E-state index in [4.69, 9.17) is 0 Å². The Bertz CT molecular complexity index is 407. The number of aliphatic hydroxyl groups excluding tert-OH is 1. The molecule has 3 nitrogen and oxygen atoms in total. The van der Waals surface area contributed by atoms with Crippen LogP contribution < -0.4 is 0 Å². The highest BCUT2D eigenvalue weighted by molar-refractivity contribution is 5.27. The fourth-order valence-corrected chi connectivity index (χ4v) is 3.53. The minimum Gasteiger partial charge on any atom is -0.388 e. The molecule has 0 spiro atoms. The molecule has 1 aromatic heterocycles. The van der Waals surface area contributed by atoms with Crippen LogP contribution in [0.2, 0.25) is 0 Å². The molecule has 0 aromatic carbocycles. The van der Waals surface area contributed by atoms with Crippen LogP contribution in [-0.4, -0.2) is 34.2 Å². The molecule has 2 heterocycles. The van der Waals surface area contributed by atoms with Crippen molar-refractivity contribution in [1.29, 1.82) is 0 Å². The molecule has 1 N–H and O–H groups in total. The molecule has 0 amide bonds. The van der Waals surface area contributed by atoms with Crippen molar-refractivity contribution >= 4 is 0 Å². The fraction of sp³-hybridized carbons (Fsp3) is 0.733. The van der Waals surface area contributed by atoms with Crippen LogP contribution in [0.3, 0.4) is 0 Å². The number of rotatable bonds is 3. The average Bonchev–Trinajstić information content (AvgIpc) is 2.98. The first-order valence-corrected chi connectivity index (χ1v) is 7.35. The number of hydrogen-bond acceptors (Lipinski definition) is 2. The molecule has 2 atom stereocenters. The molecule has 100 valence electrons. The molecular weight excluding hydrogens is 224 g/mol. The van der Waals surface area contributed by atoms with E-state index >= 15 is 0 Å². The third-order valence-electron chi connectivity index (χ3n) is 4.51. The molecule has 0 radical (unpaired) electrons. The fourth-order valence-electron chi connectivity index (χ4n) is 3.53. The van der Waals surface area contributed by atoms with Gasteiger partial charge in [0.25, 0.3) is 0 Å². The summed E-state index contributed by atoms with van der Waals surface area (Å²) in [6.45, 7) is 5.98. The van der Waals surface area contributed by atoms with E-state index in [0.717, 1.165) is 25.8 Å². The first-order valence-electron chi connectivity index (χ1n) is 7.35. The van der Waals surface area contributed by atoms with Gasteiger partial charge in [0.05, 0.1) is 6.10 Å². The van der Waals surface area contributed by atoms with Crippen molar-refractivity contribution in [3.63, 3.8) is 0 Å². The summed E-state index contributed by atoms with van der Waals surface area (Å²) in [5, 5.41) is 10.0. The van der Waals surface area contributed by atoms with E-state index in [1.54, 1.807) is 0 Å². The van der Waals surface area contributed by atoms with E-state index in [-0.39, 0.29) is 6.10 Å². The predicted molar refractivity (Wildman–Crippen MR) is 72.7 cm³/mol. The third kappa shape index (κ3) is 2.21. The van der Waals surface area contributed by atoms with Crippen molar-refractivity contribution < 1.29 is 5.11 Å². The minimum absolute atomic E-state index is 0.228. The Kier molecular flexibility index (Phi) is 3.44. The van der Waals surface area contributed by atoms with E-state index in [1.165, 1.54) is 37.2 Å². The van der Waals surface area contributed by atoms with Crippen molar-refractivity contribution in [3.8, 4) is 0 Å². The van der Waals surface area contributed by atoms with Crippen LogP contribution in [0.5, 0.6) is 0 Å². The van der Waals surface area contributed by atoms with Gasteiger partial charge in [0.2, 0.25) is 0 Å². The van der Waals surface area contributed by atoms with Gasteiger partial charge in [-0.3, -0.25) is 0 Å². The molecule has 2 aliphatic rings. The smallest absolute Gasteiger partial charge is 0.0807 e. The summed E-state index contributed by atoms with van der Waals surface area (Å²) in [6, 6.07) is 2.65. The molecule has 1 aliphatic heterocycles. The van der Waals surface area contributed by atoms with Crippen molar-refractivity contribution in [2.24, 2.45) is 0 Å². The second-order valence-electron chi connectivity index (χ2n) is 5.89. The Morgan fingerprint density at radius 2 is 2.11 bits per heavy atom. The summed E-state index contributed by atoms with van der Waals surface area (Å²) in [4.78, 5) is 2.57. The van der Waals surface area contributed by atoms with Gasteiger partial charge in [-0.2, -0.15) is 0 Å². The highest BCUT2D eigenvalue weighted by Gasteiger charge is 2.24. The predicted octanol–water partition coefficient (Wildman–Crippen LogP) is 2.51. The van der Waals surface area contributed by atoms with Crippen molar-refractivity contribution in [3.05, 3.63) is 23.5 Å². The standard InChI is InChI=1S/C15H24N2O/c1-12(11-16-8-2-3-9-16)17-10-7-13-14(17)5-4-6-15(13)18/h7,10,12,15,18H,2-6,8-9,11H2,1H3. The number of hydrogen-bond donors (Lipinski definition) is 1. The summed E-state index contributed by atoms with van der Waals surface area (Å²) >= 11 is 0. The van der Waals surface area contributed by atoms with Crippen molar-refractivity contribution in [2.75, 3.05) is 19.6 Å². The molecule has 1 fully saturated rings. The monoisotopic (exact) mass is 248 g/mol. The average molecular weight is 248 g/mol. The topological polar surface area (TPSA) is 28.4 Å². The maximum absolute atomic E-state index is 10.0. The first-order chi connectivity index (χ1) is 8.75. The van der Waals surface area contributed by atoms with Crippen LogP contribution >= 0.6 is 0 Å². The quantitative estimate of drug-likeness (QED) is 0.890. The highest BCUT2D eigenvalue weighted by atomic mass is 16.3. The van der Waals surface area contributed by atoms with E-state index in [9.17, 15) is 5.11 Å². The molecule has 3 rings (SSSR count). The lowest BCUT2D eigenvalue weighted by Crippen LogP contribution is -2.28. The minimum atomic E-state index is -0.228. The number of likely N-dealkylation sites (tertiary alicyclic amines) is 1. The van der Waals surface area contributed by atoms with Crippen LogP contribution in [0.15, 0.2) is 12.3 Å². The van der Waals surface area contributed by atoms with Gasteiger partial charge in [0, 0.05) is 30.0 Å². The Labute approximate surface area is 109 Å². The lowest BCUT2D eigenvalue weighted by molar-refractivity contribution is 0.155. The number of nitrogens with zero attached hydrogens (tertiary/aromatic N) is 2. The Morgan fingerprint density at radius 3 is 2.89 bits per heavy atom. The maximum Gasteiger partial charge on any atom is 0.0807 e. The summed E-state index contributed by atoms with van der Waals surface area (Å²) in [7, 11) is 0. The van der Waals surface area contributed by atoms with E-state index in [2.05, 4.69) is 28.7 Å². The van der Waals surface area contributed by atoms with Gasteiger partial charge in [-0.05, 0) is 58.2 Å². The number of fused-ring (bicyclic) bond motifs is 1. The largest absolute Gasteiger partial charge is 0.388 e. The zero-order valence-electron chi connectivity index (χ0n) is 11.3. The van der Waals surface area contributed by atoms with E-state index in [0.29, 0.717) is 6.04 Å². The molecule has 0 saturated carbocycles. The molecule has 0 bridgehead atoms. The van der Waals surface area contributed by atoms with Gasteiger partial charge < -0.3 is 14.6 Å². The van der Waals surface area contributed by atoms with Gasteiger partial charge in [-0.25, -0.2) is 0 Å². The molecule has 1 aliphatic carbocycles. The zero-order valence-corrected chi connectivity index (χ0v) is 11.3. The van der Waals surface area contributed by atoms with E-state index < -0.39 is 0 Å². The van der Waals surface area contributed by atoms with Gasteiger partial charge >= 0.3 is 0 Å². The second-order valence-corrected chi connectivity index (χ2v) is 5.89. The maximum atomic E-state index is 10.0. The lowest BCUT2D eigenvalue weighted by atomic mass is 9.95. The third-order valence-corrected chi connectivity index (χ3v) is 4.51. The van der Waals surface area contributed by atoms with Gasteiger partial charge in [0.1, 0.15) is 0 Å². The molecule has 18 heavy (non-hydrogen) atoms. The summed E-state index contributed by atoms with van der Waals surface area (Å²) < 4.78 is 2.40.